The summed E-state index contributed by atoms with van der Waals surface area (Å²) in [5, 5.41) is 35.5. The minimum atomic E-state index is -1.11. The van der Waals surface area contributed by atoms with Gasteiger partial charge in [-0.3, -0.25) is 14.9 Å². The van der Waals surface area contributed by atoms with Gasteiger partial charge in [0.15, 0.2) is 0 Å². The highest BCUT2D eigenvalue weighted by molar-refractivity contribution is 6.15. The Morgan fingerprint density at radius 3 is 2.25 bits per heavy atom. The number of rotatable bonds is 5. The Morgan fingerprint density at radius 1 is 1.11 bits per heavy atom. The van der Waals surface area contributed by atoms with E-state index >= 15 is 0 Å². The fourth-order valence-electron chi connectivity index (χ4n) is 3.33. The van der Waals surface area contributed by atoms with Crippen molar-refractivity contribution in [1.29, 1.82) is 10.5 Å². The first-order valence-electron chi connectivity index (χ1n) is 8.45. The first-order chi connectivity index (χ1) is 13.5. The molecule has 138 valence electrons. The average molecular weight is 373 g/mol. The molecule has 0 aromatic heterocycles. The molecule has 0 radical (unpaired) electrons. The molecular formula is C20H15N5O3. The maximum absolute atomic E-state index is 13.1. The van der Waals surface area contributed by atoms with Gasteiger partial charge in [-0.15, -0.1) is 0 Å². The standard InChI is InChI=1S/C20H15N5O3/c1-13-18(20(26)24(23-13)16-5-3-2-4-6-16)19(15(11-21)12-22)14-7-9-17(10-8-14)25(27)28/h2-10,15,18-19H,1H3/t18-,19-/m1/s1. The van der Waals surface area contributed by atoms with Gasteiger partial charge in [0.2, 0.25) is 0 Å². The van der Waals surface area contributed by atoms with Crippen LogP contribution in [0, 0.1) is 44.6 Å². The van der Waals surface area contributed by atoms with Gasteiger partial charge in [-0.05, 0) is 24.6 Å². The number of nitro groups is 1. The summed E-state index contributed by atoms with van der Waals surface area (Å²) < 4.78 is 0. The minimum absolute atomic E-state index is 0.109. The predicted molar refractivity (Wildman–Crippen MR) is 101 cm³/mol. The summed E-state index contributed by atoms with van der Waals surface area (Å²) >= 11 is 0. The highest BCUT2D eigenvalue weighted by Crippen LogP contribution is 2.38. The van der Waals surface area contributed by atoms with Gasteiger partial charge >= 0.3 is 0 Å². The molecule has 2 aromatic rings. The van der Waals surface area contributed by atoms with Crippen LogP contribution in [0.3, 0.4) is 0 Å². The molecule has 0 unspecified atom stereocenters. The van der Waals surface area contributed by atoms with Crippen LogP contribution < -0.4 is 5.01 Å². The molecule has 0 N–H and O–H groups in total. The largest absolute Gasteiger partial charge is 0.272 e. The Hall–Kier alpha value is -4.04. The molecule has 0 saturated heterocycles. The van der Waals surface area contributed by atoms with Crippen LogP contribution in [0.25, 0.3) is 0 Å². The van der Waals surface area contributed by atoms with Crippen LogP contribution in [0.5, 0.6) is 0 Å². The summed E-state index contributed by atoms with van der Waals surface area (Å²) in [6.07, 6.45) is 0. The summed E-state index contributed by atoms with van der Waals surface area (Å²) in [7, 11) is 0. The lowest BCUT2D eigenvalue weighted by molar-refractivity contribution is -0.384. The van der Waals surface area contributed by atoms with Crippen LogP contribution in [0.1, 0.15) is 18.4 Å². The fraction of sp³-hybridized carbons (Fsp3) is 0.200. The second kappa shape index (κ2) is 7.68. The zero-order valence-electron chi connectivity index (χ0n) is 14.9. The summed E-state index contributed by atoms with van der Waals surface area (Å²) in [6, 6.07) is 18.3. The fourth-order valence-corrected chi connectivity index (χ4v) is 3.33. The smallest absolute Gasteiger partial charge is 0.269 e. The molecular weight excluding hydrogens is 358 g/mol. The van der Waals surface area contributed by atoms with Crippen molar-refractivity contribution in [3.8, 4) is 12.1 Å². The van der Waals surface area contributed by atoms with Gasteiger partial charge in [0, 0.05) is 23.8 Å². The third-order valence-corrected chi connectivity index (χ3v) is 4.67. The van der Waals surface area contributed by atoms with Crippen molar-refractivity contribution in [1.82, 2.24) is 0 Å². The molecule has 1 aliphatic heterocycles. The molecule has 1 amide bonds. The second-order valence-corrected chi connectivity index (χ2v) is 6.31. The SMILES string of the molecule is CC1=NN(c2ccccc2)C(=O)[C@H]1[C@H](c1ccc([N+](=O)[O-])cc1)C(C#N)C#N. The molecule has 8 heteroatoms. The number of hydrazone groups is 1. The van der Waals surface area contributed by atoms with Crippen molar-refractivity contribution in [3.63, 3.8) is 0 Å². The lowest BCUT2D eigenvalue weighted by Crippen LogP contribution is -2.34. The Kier molecular flexibility index (Phi) is 5.14. The summed E-state index contributed by atoms with van der Waals surface area (Å²) in [5.41, 5.74) is 1.46. The van der Waals surface area contributed by atoms with E-state index in [4.69, 9.17) is 0 Å². The van der Waals surface area contributed by atoms with Crippen LogP contribution in [-0.2, 0) is 4.79 Å². The highest BCUT2D eigenvalue weighted by atomic mass is 16.6. The minimum Gasteiger partial charge on any atom is -0.272 e. The molecule has 8 nitrogen and oxygen atoms in total. The number of amides is 1. The number of non-ortho nitro benzene ring substituents is 1. The summed E-state index contributed by atoms with van der Waals surface area (Å²) in [6.45, 7) is 1.68. The molecule has 3 rings (SSSR count). The monoisotopic (exact) mass is 373 g/mol. The number of anilines is 1. The zero-order chi connectivity index (χ0) is 20.3. The Bertz CT molecular complexity index is 1000. The maximum Gasteiger partial charge on any atom is 0.269 e. The van der Waals surface area contributed by atoms with E-state index in [-0.39, 0.29) is 11.6 Å². The van der Waals surface area contributed by atoms with E-state index in [0.29, 0.717) is 17.0 Å². The first kappa shape index (κ1) is 18.7. The van der Waals surface area contributed by atoms with E-state index in [1.807, 2.05) is 18.2 Å². The maximum atomic E-state index is 13.1. The number of hydrogen-bond acceptors (Lipinski definition) is 6. The van der Waals surface area contributed by atoms with Gasteiger partial charge in [-0.1, -0.05) is 30.3 Å². The van der Waals surface area contributed by atoms with Crippen LogP contribution in [0.15, 0.2) is 59.7 Å². The van der Waals surface area contributed by atoms with E-state index in [1.165, 1.54) is 29.3 Å². The van der Waals surface area contributed by atoms with Crippen molar-refractivity contribution in [3.05, 3.63) is 70.3 Å². The van der Waals surface area contributed by atoms with E-state index in [9.17, 15) is 25.4 Å². The number of benzene rings is 2. The molecule has 0 fully saturated rings. The van der Waals surface area contributed by atoms with E-state index < -0.39 is 22.7 Å². The molecule has 0 bridgehead atoms. The van der Waals surface area contributed by atoms with Crippen molar-refractivity contribution in [2.45, 2.75) is 12.8 Å². The lowest BCUT2D eigenvalue weighted by atomic mass is 9.75. The van der Waals surface area contributed by atoms with Crippen molar-refractivity contribution in [2.75, 3.05) is 5.01 Å². The molecule has 1 heterocycles. The molecule has 2 atom stereocenters. The number of para-hydroxylation sites is 1. The summed E-state index contributed by atoms with van der Waals surface area (Å²) in [5.74, 6) is -3.06. The molecule has 0 aliphatic carbocycles. The number of hydrogen-bond donors (Lipinski definition) is 0. The molecule has 28 heavy (non-hydrogen) atoms. The normalized spacial score (nSPS) is 17.0. The molecule has 1 aliphatic rings. The van der Waals surface area contributed by atoms with E-state index in [2.05, 4.69) is 5.10 Å². The number of carbonyl (C=O) groups is 1. The molecule has 2 aromatic carbocycles. The highest BCUT2D eigenvalue weighted by Gasteiger charge is 2.44. The van der Waals surface area contributed by atoms with Gasteiger partial charge in [0.05, 0.1) is 28.7 Å². The van der Waals surface area contributed by atoms with Gasteiger partial charge in [-0.25, -0.2) is 5.01 Å². The average Bonchev–Trinajstić information content (AvgIpc) is 3.01. The van der Waals surface area contributed by atoms with Crippen molar-refractivity contribution in [2.24, 2.45) is 16.9 Å². The van der Waals surface area contributed by atoms with Crippen molar-refractivity contribution >= 4 is 23.0 Å². The van der Waals surface area contributed by atoms with E-state index in [0.717, 1.165) is 0 Å². The Morgan fingerprint density at radius 2 is 1.71 bits per heavy atom. The van der Waals surface area contributed by atoms with Gasteiger partial charge < -0.3 is 0 Å². The predicted octanol–water partition coefficient (Wildman–Crippen LogP) is 3.38. The molecule has 0 saturated carbocycles. The second-order valence-electron chi connectivity index (χ2n) is 6.31. The van der Waals surface area contributed by atoms with Crippen LogP contribution >= 0.6 is 0 Å². The third kappa shape index (κ3) is 3.31. The van der Waals surface area contributed by atoms with Gasteiger partial charge in [-0.2, -0.15) is 15.6 Å². The first-order valence-corrected chi connectivity index (χ1v) is 8.45. The van der Waals surface area contributed by atoms with Gasteiger partial charge in [0.1, 0.15) is 5.92 Å². The van der Waals surface area contributed by atoms with Crippen LogP contribution in [0.4, 0.5) is 11.4 Å². The van der Waals surface area contributed by atoms with Crippen LogP contribution in [-0.4, -0.2) is 16.5 Å². The Labute approximate surface area is 161 Å². The lowest BCUT2D eigenvalue weighted by Gasteiger charge is -2.24. The Balaban J connectivity index is 2.03. The zero-order valence-corrected chi connectivity index (χ0v) is 14.9. The quantitative estimate of drug-likeness (QED) is 0.587. The third-order valence-electron chi connectivity index (χ3n) is 4.67. The van der Waals surface area contributed by atoms with Gasteiger partial charge in [0.25, 0.3) is 11.6 Å². The van der Waals surface area contributed by atoms with E-state index in [1.54, 1.807) is 31.2 Å². The van der Waals surface area contributed by atoms with Crippen LogP contribution in [0.2, 0.25) is 0 Å². The number of nitro benzene ring substituents is 1. The number of carbonyl (C=O) groups excluding carboxylic acids is 1. The molecule has 0 spiro atoms. The topological polar surface area (TPSA) is 123 Å². The summed E-state index contributed by atoms with van der Waals surface area (Å²) in [4.78, 5) is 23.5. The number of nitriles is 2. The number of nitrogens with zero attached hydrogens (tertiary/aromatic N) is 5. The van der Waals surface area contributed by atoms with Crippen molar-refractivity contribution < 1.29 is 9.72 Å².